The summed E-state index contributed by atoms with van der Waals surface area (Å²) in [5.74, 6) is 0.572. The molecule has 2 aliphatic rings. The minimum absolute atomic E-state index is 0.0550. The zero-order valence-electron chi connectivity index (χ0n) is 19.8. The van der Waals surface area contributed by atoms with Crippen molar-refractivity contribution >= 4 is 11.8 Å². The van der Waals surface area contributed by atoms with Crippen LogP contribution < -0.4 is 10.1 Å². The summed E-state index contributed by atoms with van der Waals surface area (Å²) in [5.41, 5.74) is 2.10. The molecule has 6 nitrogen and oxygen atoms in total. The smallest absolute Gasteiger partial charge is 0.226 e. The molecule has 4 rings (SSSR count). The molecule has 34 heavy (non-hydrogen) atoms. The summed E-state index contributed by atoms with van der Waals surface area (Å²) < 4.78 is 24.7. The fourth-order valence-electron chi connectivity index (χ4n) is 4.94. The lowest BCUT2D eigenvalue weighted by Crippen LogP contribution is -2.46. The van der Waals surface area contributed by atoms with Crippen molar-refractivity contribution in [2.45, 2.75) is 38.5 Å². The number of methoxy groups -OCH3 is 1. The van der Waals surface area contributed by atoms with E-state index in [1.807, 2.05) is 29.2 Å². The number of rotatable bonds is 9. The summed E-state index contributed by atoms with van der Waals surface area (Å²) in [4.78, 5) is 26.9. The van der Waals surface area contributed by atoms with Gasteiger partial charge in [0.05, 0.1) is 12.5 Å². The molecule has 0 unspecified atom stereocenters. The quantitative estimate of drug-likeness (QED) is 0.566. The lowest BCUT2D eigenvalue weighted by atomic mass is 9.74. The van der Waals surface area contributed by atoms with E-state index in [0.29, 0.717) is 63.3 Å². The Morgan fingerprint density at radius 2 is 1.94 bits per heavy atom. The Hall–Kier alpha value is -2.93. The Morgan fingerprint density at radius 1 is 1.18 bits per heavy atom. The topological polar surface area (TPSA) is 67.9 Å². The summed E-state index contributed by atoms with van der Waals surface area (Å²) in [5, 5.41) is 3.12. The third-order valence-electron chi connectivity index (χ3n) is 6.96. The molecule has 0 radical (unpaired) electrons. The number of hydrogen-bond donors (Lipinski definition) is 1. The first kappa shape index (κ1) is 24.2. The van der Waals surface area contributed by atoms with Crippen LogP contribution in [0.5, 0.6) is 5.75 Å². The van der Waals surface area contributed by atoms with Crippen molar-refractivity contribution in [1.82, 2.24) is 10.2 Å². The van der Waals surface area contributed by atoms with Gasteiger partial charge in [0.15, 0.2) is 0 Å². The maximum Gasteiger partial charge on any atom is 0.226 e. The number of hydrogen-bond acceptors (Lipinski definition) is 4. The van der Waals surface area contributed by atoms with Gasteiger partial charge in [-0.3, -0.25) is 9.59 Å². The van der Waals surface area contributed by atoms with Crippen molar-refractivity contribution in [3.05, 3.63) is 53.8 Å². The van der Waals surface area contributed by atoms with Gasteiger partial charge in [0.25, 0.3) is 0 Å². The third kappa shape index (κ3) is 5.58. The number of amides is 2. The molecular weight excluding hydrogens is 435 g/mol. The zero-order chi connectivity index (χ0) is 24.0. The van der Waals surface area contributed by atoms with Crippen LogP contribution in [0.4, 0.5) is 4.39 Å². The minimum atomic E-state index is -0.514. The molecule has 0 saturated carbocycles. The number of nitrogens with zero attached hydrogens (tertiary/aromatic N) is 1. The minimum Gasteiger partial charge on any atom is -0.496 e. The van der Waals surface area contributed by atoms with E-state index >= 15 is 0 Å². The number of nitrogens with one attached hydrogen (secondary N) is 1. The van der Waals surface area contributed by atoms with Crippen LogP contribution in [-0.2, 0) is 20.7 Å². The SMILES string of the molecule is COc1ccc(F)cc1-c1ccc(CC2(C(=O)NCCCN3CCCC3=O)CCOCC2)cc1. The van der Waals surface area contributed by atoms with E-state index in [0.717, 1.165) is 30.5 Å². The number of benzene rings is 2. The van der Waals surface area contributed by atoms with Crippen LogP contribution in [0.1, 0.15) is 37.7 Å². The van der Waals surface area contributed by atoms with Crippen molar-refractivity contribution in [1.29, 1.82) is 0 Å². The van der Waals surface area contributed by atoms with E-state index in [1.54, 1.807) is 13.2 Å². The molecule has 2 saturated heterocycles. The van der Waals surface area contributed by atoms with E-state index in [2.05, 4.69) is 5.32 Å². The normalized spacial score (nSPS) is 17.6. The Bertz CT molecular complexity index is 1000. The maximum atomic E-state index is 13.8. The molecule has 0 aliphatic carbocycles. The number of halogens is 1. The van der Waals surface area contributed by atoms with Crippen molar-refractivity contribution in [3.8, 4) is 16.9 Å². The lowest BCUT2D eigenvalue weighted by Gasteiger charge is -2.36. The van der Waals surface area contributed by atoms with Gasteiger partial charge in [-0.2, -0.15) is 0 Å². The molecule has 0 bridgehead atoms. The highest BCUT2D eigenvalue weighted by Crippen LogP contribution is 2.36. The molecule has 0 aromatic heterocycles. The average Bonchev–Trinajstić information content (AvgIpc) is 3.27. The summed E-state index contributed by atoms with van der Waals surface area (Å²) in [6.45, 7) is 3.21. The number of carbonyl (C=O) groups excluding carboxylic acids is 2. The number of ether oxygens (including phenoxy) is 2. The molecule has 2 heterocycles. The Kier molecular flexibility index (Phi) is 7.83. The van der Waals surface area contributed by atoms with Crippen LogP contribution in [-0.4, -0.2) is 56.7 Å². The number of likely N-dealkylation sites (tertiary alicyclic amines) is 1. The van der Waals surface area contributed by atoms with Gasteiger partial charge >= 0.3 is 0 Å². The zero-order valence-corrected chi connectivity index (χ0v) is 19.8. The molecule has 2 aromatic carbocycles. The fourth-order valence-corrected chi connectivity index (χ4v) is 4.94. The predicted molar refractivity (Wildman–Crippen MR) is 128 cm³/mol. The van der Waals surface area contributed by atoms with Gasteiger partial charge in [0, 0.05) is 44.8 Å². The molecule has 1 N–H and O–H groups in total. The molecular formula is C27H33FN2O4. The molecule has 2 aliphatic heterocycles. The van der Waals surface area contributed by atoms with E-state index in [4.69, 9.17) is 9.47 Å². The largest absolute Gasteiger partial charge is 0.496 e. The first-order valence-corrected chi connectivity index (χ1v) is 12.1. The first-order valence-electron chi connectivity index (χ1n) is 12.1. The van der Waals surface area contributed by atoms with Gasteiger partial charge in [0.1, 0.15) is 11.6 Å². The van der Waals surface area contributed by atoms with Crippen LogP contribution in [0, 0.1) is 11.2 Å². The standard InChI is InChI=1S/C27H33FN2O4/c1-33-24-10-9-22(28)18-23(24)21-7-5-20(6-8-21)19-27(11-16-34-17-12-27)26(32)29-13-3-15-30-14-2-4-25(30)31/h5-10,18H,2-4,11-17,19H2,1H3,(H,29,32). The highest BCUT2D eigenvalue weighted by Gasteiger charge is 2.40. The highest BCUT2D eigenvalue weighted by molar-refractivity contribution is 5.83. The number of carbonyl (C=O) groups is 2. The second kappa shape index (κ2) is 11.0. The fraction of sp³-hybridized carbons (Fsp3) is 0.481. The van der Waals surface area contributed by atoms with Crippen molar-refractivity contribution in [2.24, 2.45) is 5.41 Å². The van der Waals surface area contributed by atoms with Crippen molar-refractivity contribution in [3.63, 3.8) is 0 Å². The monoisotopic (exact) mass is 468 g/mol. The van der Waals surface area contributed by atoms with Gasteiger partial charge in [-0.15, -0.1) is 0 Å². The van der Waals surface area contributed by atoms with Gasteiger partial charge in [-0.1, -0.05) is 24.3 Å². The van der Waals surface area contributed by atoms with Gasteiger partial charge in [-0.05, 0) is 61.4 Å². The second-order valence-corrected chi connectivity index (χ2v) is 9.20. The summed E-state index contributed by atoms with van der Waals surface area (Å²) in [7, 11) is 1.57. The van der Waals surface area contributed by atoms with Gasteiger partial charge < -0.3 is 19.7 Å². The summed E-state index contributed by atoms with van der Waals surface area (Å²) in [6, 6.07) is 12.4. The van der Waals surface area contributed by atoms with E-state index in [9.17, 15) is 14.0 Å². The van der Waals surface area contributed by atoms with Crippen LogP contribution >= 0.6 is 0 Å². The maximum absolute atomic E-state index is 13.8. The van der Waals surface area contributed by atoms with Crippen molar-refractivity contribution < 1.29 is 23.5 Å². The van der Waals surface area contributed by atoms with Gasteiger partial charge in [-0.25, -0.2) is 4.39 Å². The van der Waals surface area contributed by atoms with Crippen LogP contribution in [0.25, 0.3) is 11.1 Å². The van der Waals surface area contributed by atoms with Crippen LogP contribution in [0.15, 0.2) is 42.5 Å². The average molecular weight is 469 g/mol. The second-order valence-electron chi connectivity index (χ2n) is 9.20. The van der Waals surface area contributed by atoms with Crippen LogP contribution in [0.3, 0.4) is 0 Å². The lowest BCUT2D eigenvalue weighted by molar-refractivity contribution is -0.136. The highest BCUT2D eigenvalue weighted by atomic mass is 19.1. The first-order chi connectivity index (χ1) is 16.5. The summed E-state index contributed by atoms with van der Waals surface area (Å²) >= 11 is 0. The van der Waals surface area contributed by atoms with Crippen molar-refractivity contribution in [2.75, 3.05) is 40.0 Å². The van der Waals surface area contributed by atoms with E-state index < -0.39 is 5.41 Å². The van der Waals surface area contributed by atoms with Gasteiger partial charge in [0.2, 0.25) is 11.8 Å². The third-order valence-corrected chi connectivity index (χ3v) is 6.96. The Balaban J connectivity index is 1.41. The molecule has 0 atom stereocenters. The van der Waals surface area contributed by atoms with E-state index in [-0.39, 0.29) is 17.6 Å². The molecule has 2 fully saturated rings. The molecule has 2 aromatic rings. The molecule has 7 heteroatoms. The molecule has 2 amide bonds. The Morgan fingerprint density at radius 3 is 2.62 bits per heavy atom. The predicted octanol–water partition coefficient (Wildman–Crippen LogP) is 3.97. The molecule has 182 valence electrons. The Labute approximate surface area is 200 Å². The van der Waals surface area contributed by atoms with E-state index in [1.165, 1.54) is 12.1 Å². The molecule has 0 spiro atoms. The van der Waals surface area contributed by atoms with Crippen LogP contribution in [0.2, 0.25) is 0 Å². The summed E-state index contributed by atoms with van der Waals surface area (Å²) in [6.07, 6.45) is 4.28.